The molecule has 21 heavy (non-hydrogen) atoms. The van der Waals surface area contributed by atoms with E-state index in [9.17, 15) is 8.42 Å². The third-order valence-corrected chi connectivity index (χ3v) is 6.80. The minimum atomic E-state index is -3.51. The van der Waals surface area contributed by atoms with Crippen molar-refractivity contribution >= 4 is 27.3 Å². The summed E-state index contributed by atoms with van der Waals surface area (Å²) >= 11 is 5.86. The maximum absolute atomic E-state index is 12.7. The summed E-state index contributed by atoms with van der Waals surface area (Å²) in [6.07, 6.45) is 5.24. The number of sulfonamides is 1. The van der Waals surface area contributed by atoms with Crippen LogP contribution in [0.3, 0.4) is 0 Å². The van der Waals surface area contributed by atoms with Gasteiger partial charge in [-0.25, -0.2) is 8.42 Å². The SMILES string of the molecule is CCC1CCC(N(C)S(=O)(=O)c2ccc(Cl)c(N)c2)CC1. The molecule has 1 aromatic rings. The van der Waals surface area contributed by atoms with Gasteiger partial charge in [0.15, 0.2) is 0 Å². The van der Waals surface area contributed by atoms with E-state index in [2.05, 4.69) is 6.92 Å². The summed E-state index contributed by atoms with van der Waals surface area (Å²) in [5.74, 6) is 0.739. The summed E-state index contributed by atoms with van der Waals surface area (Å²) < 4.78 is 26.8. The third-order valence-electron chi connectivity index (χ3n) is 4.55. The molecule has 1 saturated carbocycles. The average Bonchev–Trinajstić information content (AvgIpc) is 2.49. The summed E-state index contributed by atoms with van der Waals surface area (Å²) in [6, 6.07) is 4.56. The van der Waals surface area contributed by atoms with Crippen molar-refractivity contribution in [2.75, 3.05) is 12.8 Å². The molecule has 6 heteroatoms. The summed E-state index contributed by atoms with van der Waals surface area (Å²) in [6.45, 7) is 2.20. The highest BCUT2D eigenvalue weighted by Gasteiger charge is 2.31. The summed E-state index contributed by atoms with van der Waals surface area (Å²) in [5, 5.41) is 0.375. The van der Waals surface area contributed by atoms with Crippen LogP contribution in [-0.2, 0) is 10.0 Å². The number of nitrogens with two attached hydrogens (primary N) is 1. The van der Waals surface area contributed by atoms with E-state index in [-0.39, 0.29) is 10.9 Å². The number of benzene rings is 1. The smallest absolute Gasteiger partial charge is 0.243 e. The molecule has 118 valence electrons. The maximum atomic E-state index is 12.7. The third kappa shape index (κ3) is 3.52. The Labute approximate surface area is 132 Å². The Morgan fingerprint density at radius 1 is 1.29 bits per heavy atom. The molecular weight excluding hydrogens is 308 g/mol. The second-order valence-corrected chi connectivity index (χ2v) is 8.19. The van der Waals surface area contributed by atoms with Crippen molar-refractivity contribution < 1.29 is 8.42 Å². The maximum Gasteiger partial charge on any atom is 0.243 e. The second-order valence-electron chi connectivity index (χ2n) is 5.79. The second kappa shape index (κ2) is 6.55. The molecule has 0 amide bonds. The zero-order chi connectivity index (χ0) is 15.6. The first-order valence-corrected chi connectivity index (χ1v) is 9.21. The van der Waals surface area contributed by atoms with Gasteiger partial charge in [0.1, 0.15) is 0 Å². The van der Waals surface area contributed by atoms with E-state index in [1.807, 2.05) is 0 Å². The highest BCUT2D eigenvalue weighted by atomic mass is 35.5. The van der Waals surface area contributed by atoms with Gasteiger partial charge in [-0.3, -0.25) is 0 Å². The van der Waals surface area contributed by atoms with E-state index in [0.29, 0.717) is 10.7 Å². The van der Waals surface area contributed by atoms with Gasteiger partial charge in [-0.1, -0.05) is 24.9 Å². The molecule has 4 nitrogen and oxygen atoms in total. The first kappa shape index (κ1) is 16.6. The van der Waals surface area contributed by atoms with Crippen molar-refractivity contribution in [2.45, 2.75) is 50.0 Å². The molecule has 0 spiro atoms. The molecular formula is C15H23ClN2O2S. The zero-order valence-corrected chi connectivity index (χ0v) is 14.1. The highest BCUT2D eigenvalue weighted by molar-refractivity contribution is 7.89. The molecule has 0 saturated heterocycles. The van der Waals surface area contributed by atoms with E-state index in [4.69, 9.17) is 17.3 Å². The largest absolute Gasteiger partial charge is 0.397 e. The Kier molecular flexibility index (Phi) is 5.17. The lowest BCUT2D eigenvalue weighted by atomic mass is 9.85. The molecule has 0 heterocycles. The molecule has 0 aliphatic heterocycles. The Hall–Kier alpha value is -0.780. The predicted octanol–water partition coefficient (Wildman–Crippen LogP) is 3.51. The van der Waals surface area contributed by atoms with Crippen LogP contribution in [0.2, 0.25) is 5.02 Å². The molecule has 2 rings (SSSR count). The fourth-order valence-electron chi connectivity index (χ4n) is 2.96. The number of anilines is 1. The average molecular weight is 331 g/mol. The summed E-state index contributed by atoms with van der Waals surface area (Å²) in [7, 11) is -1.84. The number of halogens is 1. The molecule has 0 bridgehead atoms. The van der Waals surface area contributed by atoms with Gasteiger partial charge in [-0.2, -0.15) is 4.31 Å². The van der Waals surface area contributed by atoms with Crippen molar-refractivity contribution in [2.24, 2.45) is 5.92 Å². The Morgan fingerprint density at radius 3 is 2.43 bits per heavy atom. The van der Waals surface area contributed by atoms with Gasteiger partial charge < -0.3 is 5.73 Å². The molecule has 1 aromatic carbocycles. The Bertz CT molecular complexity index is 596. The lowest BCUT2D eigenvalue weighted by Gasteiger charge is -2.33. The van der Waals surface area contributed by atoms with Gasteiger partial charge in [0.25, 0.3) is 0 Å². The van der Waals surface area contributed by atoms with Crippen LogP contribution in [0.25, 0.3) is 0 Å². The van der Waals surface area contributed by atoms with Gasteiger partial charge in [0.05, 0.1) is 15.6 Å². The first-order valence-electron chi connectivity index (χ1n) is 7.39. The topological polar surface area (TPSA) is 63.4 Å². The summed E-state index contributed by atoms with van der Waals surface area (Å²) in [4.78, 5) is 0.213. The van der Waals surface area contributed by atoms with Crippen molar-refractivity contribution in [1.29, 1.82) is 0 Å². The van der Waals surface area contributed by atoms with E-state index in [1.165, 1.54) is 28.9 Å². The Balaban J connectivity index is 2.17. The number of rotatable bonds is 4. The van der Waals surface area contributed by atoms with Gasteiger partial charge in [0.2, 0.25) is 10.0 Å². The van der Waals surface area contributed by atoms with Crippen LogP contribution in [0.15, 0.2) is 23.1 Å². The first-order chi connectivity index (χ1) is 9.86. The van der Waals surface area contributed by atoms with Crippen LogP contribution in [0, 0.1) is 5.92 Å². The van der Waals surface area contributed by atoms with Gasteiger partial charge >= 0.3 is 0 Å². The quantitative estimate of drug-likeness (QED) is 0.859. The van der Waals surface area contributed by atoms with Gasteiger partial charge in [0, 0.05) is 13.1 Å². The molecule has 1 aliphatic rings. The summed E-state index contributed by atoms with van der Waals surface area (Å²) in [5.41, 5.74) is 6.01. The minimum absolute atomic E-state index is 0.0784. The van der Waals surface area contributed by atoms with Crippen molar-refractivity contribution in [3.8, 4) is 0 Å². The highest BCUT2D eigenvalue weighted by Crippen LogP contribution is 2.32. The van der Waals surface area contributed by atoms with E-state index in [0.717, 1.165) is 31.6 Å². The molecule has 1 fully saturated rings. The lowest BCUT2D eigenvalue weighted by molar-refractivity contribution is 0.233. The van der Waals surface area contributed by atoms with E-state index < -0.39 is 10.0 Å². The van der Waals surface area contributed by atoms with Crippen LogP contribution >= 0.6 is 11.6 Å². The molecule has 0 unspecified atom stereocenters. The fraction of sp³-hybridized carbons (Fsp3) is 0.600. The monoisotopic (exact) mass is 330 g/mol. The van der Waals surface area contributed by atoms with Gasteiger partial charge in [-0.05, 0) is 49.8 Å². The van der Waals surface area contributed by atoms with Crippen LogP contribution in [0.5, 0.6) is 0 Å². The van der Waals surface area contributed by atoms with E-state index >= 15 is 0 Å². The van der Waals surface area contributed by atoms with Crippen LogP contribution in [0.1, 0.15) is 39.0 Å². The lowest BCUT2D eigenvalue weighted by Crippen LogP contribution is -2.39. The van der Waals surface area contributed by atoms with Crippen LogP contribution < -0.4 is 5.73 Å². The minimum Gasteiger partial charge on any atom is -0.397 e. The van der Waals surface area contributed by atoms with E-state index in [1.54, 1.807) is 7.05 Å². The molecule has 0 atom stereocenters. The Morgan fingerprint density at radius 2 is 1.90 bits per heavy atom. The predicted molar refractivity (Wildman–Crippen MR) is 86.9 cm³/mol. The zero-order valence-electron chi connectivity index (χ0n) is 12.5. The molecule has 1 aliphatic carbocycles. The fourth-order valence-corrected chi connectivity index (χ4v) is 4.53. The standard InChI is InChI=1S/C15H23ClN2O2S/c1-3-11-4-6-12(7-5-11)18(2)21(19,20)13-8-9-14(16)15(17)10-13/h8-12H,3-7,17H2,1-2H3. The van der Waals surface area contributed by atoms with Crippen LogP contribution in [-0.4, -0.2) is 25.8 Å². The number of nitrogen functional groups attached to an aromatic ring is 1. The van der Waals surface area contributed by atoms with Crippen LogP contribution in [0.4, 0.5) is 5.69 Å². The molecule has 2 N–H and O–H groups in total. The van der Waals surface area contributed by atoms with Crippen molar-refractivity contribution in [3.63, 3.8) is 0 Å². The number of hydrogen-bond acceptors (Lipinski definition) is 3. The normalized spacial score (nSPS) is 23.4. The number of hydrogen-bond donors (Lipinski definition) is 1. The van der Waals surface area contributed by atoms with Crippen molar-refractivity contribution in [1.82, 2.24) is 4.31 Å². The number of nitrogens with zero attached hydrogens (tertiary/aromatic N) is 1. The molecule has 0 radical (unpaired) electrons. The van der Waals surface area contributed by atoms with Crippen molar-refractivity contribution in [3.05, 3.63) is 23.2 Å². The van der Waals surface area contributed by atoms with Gasteiger partial charge in [-0.15, -0.1) is 0 Å². The molecule has 0 aromatic heterocycles.